The summed E-state index contributed by atoms with van der Waals surface area (Å²) in [5.41, 5.74) is 2.16. The van der Waals surface area contributed by atoms with Crippen LogP contribution < -0.4 is 10.2 Å². The second-order valence-electron chi connectivity index (χ2n) is 6.93. The number of nitrogens with one attached hydrogen (secondary N) is 1. The number of piperidine rings is 1. The van der Waals surface area contributed by atoms with Crippen LogP contribution in [0.3, 0.4) is 0 Å². The monoisotopic (exact) mass is 312 g/mol. The number of benzene rings is 1. The molecule has 2 aliphatic rings. The van der Waals surface area contributed by atoms with E-state index in [-0.39, 0.29) is 11.8 Å². The number of nitrogens with zero attached hydrogens (tertiary/aromatic N) is 3. The molecule has 2 aromatic rings. The van der Waals surface area contributed by atoms with Gasteiger partial charge in [-0.15, -0.1) is 0 Å². The van der Waals surface area contributed by atoms with Gasteiger partial charge in [-0.1, -0.05) is 12.1 Å². The van der Waals surface area contributed by atoms with Crippen LogP contribution in [0.2, 0.25) is 0 Å². The first-order valence-corrected chi connectivity index (χ1v) is 8.66. The number of rotatable bonds is 4. The summed E-state index contributed by atoms with van der Waals surface area (Å²) < 4.78 is 2.14. The van der Waals surface area contributed by atoms with E-state index in [1.165, 1.54) is 12.8 Å². The van der Waals surface area contributed by atoms with E-state index >= 15 is 0 Å². The van der Waals surface area contributed by atoms with Crippen LogP contribution in [-0.2, 0) is 11.8 Å². The number of hydrogen-bond acceptors (Lipinski definition) is 3. The normalized spacial score (nSPS) is 21.6. The molecule has 1 aliphatic heterocycles. The largest absolute Gasteiger partial charge is 0.356 e. The van der Waals surface area contributed by atoms with E-state index in [0.29, 0.717) is 0 Å². The van der Waals surface area contributed by atoms with E-state index in [4.69, 9.17) is 4.98 Å². The first-order valence-electron chi connectivity index (χ1n) is 8.66. The number of amides is 1. The SMILES string of the molecule is Cn1c(N2CCCC(C(=O)NCC3CC3)C2)nc2ccccc21. The van der Waals surface area contributed by atoms with Crippen LogP contribution in [0.1, 0.15) is 25.7 Å². The van der Waals surface area contributed by atoms with Gasteiger partial charge in [-0.25, -0.2) is 4.98 Å². The first-order chi connectivity index (χ1) is 11.2. The van der Waals surface area contributed by atoms with Crippen LogP contribution in [0.15, 0.2) is 24.3 Å². The number of fused-ring (bicyclic) bond motifs is 1. The highest BCUT2D eigenvalue weighted by molar-refractivity contribution is 5.81. The lowest BCUT2D eigenvalue weighted by Crippen LogP contribution is -2.44. The molecular weight excluding hydrogens is 288 g/mol. The Labute approximate surface area is 136 Å². The summed E-state index contributed by atoms with van der Waals surface area (Å²) >= 11 is 0. The third kappa shape index (κ3) is 2.92. The number of imidazole rings is 1. The summed E-state index contributed by atoms with van der Waals surface area (Å²) in [6.07, 6.45) is 4.58. The molecule has 1 saturated carbocycles. The van der Waals surface area contributed by atoms with E-state index < -0.39 is 0 Å². The molecule has 1 aromatic carbocycles. The number of carbonyl (C=O) groups is 1. The number of aromatic nitrogens is 2. The highest BCUT2D eigenvalue weighted by atomic mass is 16.1. The molecule has 1 aromatic heterocycles. The van der Waals surface area contributed by atoms with E-state index in [0.717, 1.165) is 55.4 Å². The summed E-state index contributed by atoms with van der Waals surface area (Å²) in [5, 5.41) is 3.13. The maximum Gasteiger partial charge on any atom is 0.224 e. The minimum absolute atomic E-state index is 0.0855. The molecule has 5 heteroatoms. The van der Waals surface area contributed by atoms with Crippen LogP contribution in [0, 0.1) is 11.8 Å². The van der Waals surface area contributed by atoms with Gasteiger partial charge in [-0.05, 0) is 43.7 Å². The van der Waals surface area contributed by atoms with Crippen molar-refractivity contribution in [3.8, 4) is 0 Å². The van der Waals surface area contributed by atoms with Gasteiger partial charge in [0.2, 0.25) is 11.9 Å². The third-order valence-corrected chi connectivity index (χ3v) is 5.10. The van der Waals surface area contributed by atoms with E-state index in [9.17, 15) is 4.79 Å². The summed E-state index contributed by atoms with van der Waals surface area (Å²) in [6, 6.07) is 8.19. The van der Waals surface area contributed by atoms with Crippen molar-refractivity contribution >= 4 is 22.9 Å². The Morgan fingerprint density at radius 2 is 2.13 bits per heavy atom. The summed E-state index contributed by atoms with van der Waals surface area (Å²) in [5.74, 6) is 2.02. The Kier molecular flexibility index (Phi) is 3.71. The average Bonchev–Trinajstić information content (AvgIpc) is 3.36. The first kappa shape index (κ1) is 14.5. The van der Waals surface area contributed by atoms with Crippen molar-refractivity contribution in [2.24, 2.45) is 18.9 Å². The minimum atomic E-state index is 0.0855. The van der Waals surface area contributed by atoms with Crippen LogP contribution in [0.25, 0.3) is 11.0 Å². The Morgan fingerprint density at radius 1 is 1.30 bits per heavy atom. The molecule has 1 unspecified atom stereocenters. The molecule has 2 fully saturated rings. The van der Waals surface area contributed by atoms with Gasteiger partial charge in [-0.3, -0.25) is 4.79 Å². The second-order valence-corrected chi connectivity index (χ2v) is 6.93. The molecule has 0 radical (unpaired) electrons. The van der Waals surface area contributed by atoms with Gasteiger partial charge >= 0.3 is 0 Å². The maximum atomic E-state index is 12.4. The zero-order valence-electron chi connectivity index (χ0n) is 13.7. The zero-order chi connectivity index (χ0) is 15.8. The fourth-order valence-electron chi connectivity index (χ4n) is 3.50. The quantitative estimate of drug-likeness (QED) is 0.942. The van der Waals surface area contributed by atoms with Crippen molar-refractivity contribution < 1.29 is 4.79 Å². The Morgan fingerprint density at radius 3 is 2.91 bits per heavy atom. The number of anilines is 1. The van der Waals surface area contributed by atoms with Gasteiger partial charge in [0, 0.05) is 26.7 Å². The van der Waals surface area contributed by atoms with Crippen molar-refractivity contribution in [3.05, 3.63) is 24.3 Å². The molecule has 0 spiro atoms. The van der Waals surface area contributed by atoms with Crippen LogP contribution in [-0.4, -0.2) is 35.1 Å². The van der Waals surface area contributed by atoms with Crippen molar-refractivity contribution in [2.75, 3.05) is 24.5 Å². The number of aryl methyl sites for hydroxylation is 1. The highest BCUT2D eigenvalue weighted by Gasteiger charge is 2.29. The highest BCUT2D eigenvalue weighted by Crippen LogP contribution is 2.28. The molecule has 122 valence electrons. The van der Waals surface area contributed by atoms with Gasteiger partial charge in [0.15, 0.2) is 0 Å². The molecule has 1 N–H and O–H groups in total. The lowest BCUT2D eigenvalue weighted by Gasteiger charge is -2.32. The molecule has 2 heterocycles. The summed E-state index contributed by atoms with van der Waals surface area (Å²) in [7, 11) is 2.06. The smallest absolute Gasteiger partial charge is 0.224 e. The number of hydrogen-bond donors (Lipinski definition) is 1. The maximum absolute atomic E-state index is 12.4. The van der Waals surface area contributed by atoms with Gasteiger partial charge in [0.25, 0.3) is 0 Å². The number of carbonyl (C=O) groups excluding carboxylic acids is 1. The van der Waals surface area contributed by atoms with E-state index in [1.807, 2.05) is 18.2 Å². The Bertz CT molecular complexity index is 719. The van der Waals surface area contributed by atoms with E-state index in [1.54, 1.807) is 0 Å². The molecule has 23 heavy (non-hydrogen) atoms. The average molecular weight is 312 g/mol. The Hall–Kier alpha value is -2.04. The zero-order valence-corrected chi connectivity index (χ0v) is 13.7. The molecule has 1 atom stereocenters. The lowest BCUT2D eigenvalue weighted by atomic mass is 9.97. The molecule has 1 aliphatic carbocycles. The standard InChI is InChI=1S/C18H24N4O/c1-21-16-7-3-2-6-15(16)20-18(21)22-10-4-5-14(12-22)17(23)19-11-13-8-9-13/h2-3,6-7,13-14H,4-5,8-12H2,1H3,(H,19,23). The molecular formula is C18H24N4O. The summed E-state index contributed by atoms with van der Waals surface area (Å²) in [6.45, 7) is 2.61. The van der Waals surface area contributed by atoms with Gasteiger partial charge in [0.05, 0.1) is 17.0 Å². The van der Waals surface area contributed by atoms with Crippen molar-refractivity contribution in [1.82, 2.24) is 14.9 Å². The summed E-state index contributed by atoms with van der Waals surface area (Å²) in [4.78, 5) is 19.4. The molecule has 4 rings (SSSR count). The molecule has 0 bridgehead atoms. The molecule has 1 amide bonds. The fraction of sp³-hybridized carbons (Fsp3) is 0.556. The molecule has 5 nitrogen and oxygen atoms in total. The van der Waals surface area contributed by atoms with Crippen molar-refractivity contribution in [3.63, 3.8) is 0 Å². The second kappa shape index (κ2) is 5.87. The van der Waals surface area contributed by atoms with Gasteiger partial charge < -0.3 is 14.8 Å². The molecule has 1 saturated heterocycles. The predicted octanol–water partition coefficient (Wildman–Crippen LogP) is 2.32. The van der Waals surface area contributed by atoms with Crippen molar-refractivity contribution in [2.45, 2.75) is 25.7 Å². The van der Waals surface area contributed by atoms with Crippen LogP contribution in [0.5, 0.6) is 0 Å². The van der Waals surface area contributed by atoms with Gasteiger partial charge in [-0.2, -0.15) is 0 Å². The van der Waals surface area contributed by atoms with Gasteiger partial charge in [0.1, 0.15) is 0 Å². The minimum Gasteiger partial charge on any atom is -0.356 e. The Balaban J connectivity index is 1.49. The van der Waals surface area contributed by atoms with Crippen LogP contribution in [0.4, 0.5) is 5.95 Å². The number of para-hydroxylation sites is 2. The van der Waals surface area contributed by atoms with Crippen molar-refractivity contribution in [1.29, 1.82) is 0 Å². The van der Waals surface area contributed by atoms with E-state index in [2.05, 4.69) is 27.9 Å². The fourth-order valence-corrected chi connectivity index (χ4v) is 3.50. The van der Waals surface area contributed by atoms with Crippen LogP contribution >= 0.6 is 0 Å². The lowest BCUT2D eigenvalue weighted by molar-refractivity contribution is -0.125. The topological polar surface area (TPSA) is 50.2 Å². The third-order valence-electron chi connectivity index (χ3n) is 5.10. The predicted molar refractivity (Wildman–Crippen MR) is 91.4 cm³/mol.